The van der Waals surface area contributed by atoms with E-state index in [1.807, 2.05) is 11.8 Å². The summed E-state index contributed by atoms with van der Waals surface area (Å²) >= 11 is 0. The number of likely N-dealkylation sites (tertiary alicyclic amines) is 1. The molecule has 1 heterocycles. The molecule has 21 heavy (non-hydrogen) atoms. The molecule has 3 N–H and O–H groups in total. The van der Waals surface area contributed by atoms with Crippen molar-refractivity contribution in [3.63, 3.8) is 0 Å². The molecule has 0 saturated carbocycles. The van der Waals surface area contributed by atoms with Crippen LogP contribution in [0.25, 0.3) is 0 Å². The molecule has 2 atom stereocenters. The van der Waals surface area contributed by atoms with Gasteiger partial charge in [-0.15, -0.1) is 12.4 Å². The first-order valence-corrected chi connectivity index (χ1v) is 7.85. The molecule has 0 bridgehead atoms. The largest absolute Gasteiger partial charge is 0.356 e. The van der Waals surface area contributed by atoms with Crippen molar-refractivity contribution < 1.29 is 9.59 Å². The average molecular weight is 320 g/mol. The van der Waals surface area contributed by atoms with E-state index in [9.17, 15) is 9.59 Å². The third-order valence-corrected chi connectivity index (χ3v) is 3.79. The standard InChI is InChI=1S/C15H29N3O2.ClH/c1-3-4-9-17-15(20)13-6-5-10-18(11-13)14(19)8-7-12(2)16;/h12-13H,3-11,16H2,1-2H3,(H,17,20);1H. The van der Waals surface area contributed by atoms with Crippen LogP contribution in [0.1, 0.15) is 52.4 Å². The van der Waals surface area contributed by atoms with Crippen molar-refractivity contribution in [2.45, 2.75) is 58.4 Å². The van der Waals surface area contributed by atoms with Crippen LogP contribution in [-0.4, -0.2) is 42.4 Å². The molecule has 1 saturated heterocycles. The van der Waals surface area contributed by atoms with E-state index >= 15 is 0 Å². The van der Waals surface area contributed by atoms with Crippen LogP contribution in [0.4, 0.5) is 0 Å². The van der Waals surface area contributed by atoms with Gasteiger partial charge in [0.15, 0.2) is 0 Å². The Balaban J connectivity index is 0.00000400. The van der Waals surface area contributed by atoms with Gasteiger partial charge in [-0.25, -0.2) is 0 Å². The fourth-order valence-electron chi connectivity index (χ4n) is 2.46. The maximum absolute atomic E-state index is 12.1. The van der Waals surface area contributed by atoms with Crippen LogP contribution in [0.3, 0.4) is 0 Å². The van der Waals surface area contributed by atoms with Gasteiger partial charge in [-0.05, 0) is 32.6 Å². The van der Waals surface area contributed by atoms with Gasteiger partial charge in [0.2, 0.25) is 11.8 Å². The summed E-state index contributed by atoms with van der Waals surface area (Å²) in [5.74, 6) is 0.191. The lowest BCUT2D eigenvalue weighted by Crippen LogP contribution is -2.45. The number of nitrogens with two attached hydrogens (primary N) is 1. The smallest absolute Gasteiger partial charge is 0.224 e. The Kier molecular flexibility index (Phi) is 10.4. The third-order valence-electron chi connectivity index (χ3n) is 3.79. The number of carbonyl (C=O) groups is 2. The van der Waals surface area contributed by atoms with Gasteiger partial charge in [0, 0.05) is 32.1 Å². The molecule has 5 nitrogen and oxygen atoms in total. The molecule has 0 spiro atoms. The first-order chi connectivity index (χ1) is 9.54. The summed E-state index contributed by atoms with van der Waals surface area (Å²) in [6.07, 6.45) is 5.08. The number of halogens is 1. The first-order valence-electron chi connectivity index (χ1n) is 7.85. The predicted octanol–water partition coefficient (Wildman–Crippen LogP) is 1.69. The van der Waals surface area contributed by atoms with E-state index in [2.05, 4.69) is 12.2 Å². The summed E-state index contributed by atoms with van der Waals surface area (Å²) in [5.41, 5.74) is 5.68. The van der Waals surface area contributed by atoms with Crippen molar-refractivity contribution >= 4 is 24.2 Å². The molecular weight excluding hydrogens is 290 g/mol. The Morgan fingerprint density at radius 1 is 1.43 bits per heavy atom. The summed E-state index contributed by atoms with van der Waals surface area (Å²) in [4.78, 5) is 25.9. The molecule has 2 amide bonds. The van der Waals surface area contributed by atoms with Crippen molar-refractivity contribution in [3.05, 3.63) is 0 Å². The Labute approximate surface area is 134 Å². The molecule has 2 unspecified atom stereocenters. The molecule has 1 aliphatic rings. The van der Waals surface area contributed by atoms with Crippen molar-refractivity contribution in [2.24, 2.45) is 11.7 Å². The number of nitrogens with one attached hydrogen (secondary N) is 1. The summed E-state index contributed by atoms with van der Waals surface area (Å²) in [7, 11) is 0. The highest BCUT2D eigenvalue weighted by molar-refractivity contribution is 5.85. The van der Waals surface area contributed by atoms with Gasteiger partial charge >= 0.3 is 0 Å². The van der Waals surface area contributed by atoms with Gasteiger partial charge in [-0.1, -0.05) is 13.3 Å². The highest BCUT2D eigenvalue weighted by Gasteiger charge is 2.27. The number of nitrogens with zero attached hydrogens (tertiary/aromatic N) is 1. The SMILES string of the molecule is CCCCNC(=O)C1CCCN(C(=O)CCC(C)N)C1.Cl. The van der Waals surface area contributed by atoms with Gasteiger partial charge in [-0.2, -0.15) is 0 Å². The molecule has 1 aliphatic heterocycles. The number of piperidine rings is 1. The minimum atomic E-state index is -0.0418. The average Bonchev–Trinajstić information content (AvgIpc) is 2.45. The normalized spacial score (nSPS) is 19.6. The van der Waals surface area contributed by atoms with Crippen molar-refractivity contribution in [1.29, 1.82) is 0 Å². The van der Waals surface area contributed by atoms with E-state index in [4.69, 9.17) is 5.73 Å². The van der Waals surface area contributed by atoms with Crippen LogP contribution in [0, 0.1) is 5.92 Å². The van der Waals surface area contributed by atoms with Crippen LogP contribution >= 0.6 is 12.4 Å². The summed E-state index contributed by atoms with van der Waals surface area (Å²) < 4.78 is 0. The fraction of sp³-hybridized carbons (Fsp3) is 0.867. The quantitative estimate of drug-likeness (QED) is 0.701. The second kappa shape index (κ2) is 10.9. The minimum Gasteiger partial charge on any atom is -0.356 e. The Morgan fingerprint density at radius 2 is 2.14 bits per heavy atom. The van der Waals surface area contributed by atoms with E-state index < -0.39 is 0 Å². The molecule has 1 fully saturated rings. The van der Waals surface area contributed by atoms with Crippen molar-refractivity contribution in [3.8, 4) is 0 Å². The Morgan fingerprint density at radius 3 is 2.76 bits per heavy atom. The number of rotatable bonds is 7. The molecular formula is C15H30ClN3O2. The van der Waals surface area contributed by atoms with Gasteiger partial charge in [-0.3, -0.25) is 9.59 Å². The lowest BCUT2D eigenvalue weighted by atomic mass is 9.96. The number of amides is 2. The number of hydrogen-bond donors (Lipinski definition) is 2. The second-order valence-corrected chi connectivity index (χ2v) is 5.84. The highest BCUT2D eigenvalue weighted by atomic mass is 35.5. The third kappa shape index (κ3) is 7.67. The van der Waals surface area contributed by atoms with Gasteiger partial charge < -0.3 is 16.0 Å². The van der Waals surface area contributed by atoms with Crippen LogP contribution < -0.4 is 11.1 Å². The molecule has 0 aromatic rings. The Hall–Kier alpha value is -0.810. The van der Waals surface area contributed by atoms with E-state index in [0.29, 0.717) is 19.4 Å². The molecule has 0 aromatic heterocycles. The maximum Gasteiger partial charge on any atom is 0.224 e. The molecule has 0 radical (unpaired) electrons. The van der Waals surface area contributed by atoms with Gasteiger partial charge in [0.25, 0.3) is 0 Å². The number of hydrogen-bond acceptors (Lipinski definition) is 3. The molecule has 1 rings (SSSR count). The van der Waals surface area contributed by atoms with Crippen molar-refractivity contribution in [1.82, 2.24) is 10.2 Å². The minimum absolute atomic E-state index is 0. The van der Waals surface area contributed by atoms with Crippen molar-refractivity contribution in [2.75, 3.05) is 19.6 Å². The summed E-state index contributed by atoms with van der Waals surface area (Å²) in [5, 5.41) is 2.97. The van der Waals surface area contributed by atoms with Crippen LogP contribution in [0.15, 0.2) is 0 Å². The Bertz CT molecular complexity index is 324. The monoisotopic (exact) mass is 319 g/mol. The van der Waals surface area contributed by atoms with Crippen LogP contribution in [0.5, 0.6) is 0 Å². The lowest BCUT2D eigenvalue weighted by molar-refractivity contribution is -0.135. The molecule has 124 valence electrons. The number of carbonyl (C=O) groups excluding carboxylic acids is 2. The van der Waals surface area contributed by atoms with Gasteiger partial charge in [0.1, 0.15) is 0 Å². The molecule has 0 aromatic carbocycles. The van der Waals surface area contributed by atoms with E-state index in [1.54, 1.807) is 0 Å². The zero-order chi connectivity index (χ0) is 15.0. The topological polar surface area (TPSA) is 75.4 Å². The predicted molar refractivity (Wildman–Crippen MR) is 87.4 cm³/mol. The zero-order valence-corrected chi connectivity index (χ0v) is 14.1. The first kappa shape index (κ1) is 20.2. The van der Waals surface area contributed by atoms with Gasteiger partial charge in [0.05, 0.1) is 5.92 Å². The van der Waals surface area contributed by atoms with Crippen LogP contribution in [0.2, 0.25) is 0 Å². The number of unbranched alkanes of at least 4 members (excludes halogenated alkanes) is 1. The lowest BCUT2D eigenvalue weighted by Gasteiger charge is -2.32. The molecule has 6 heteroatoms. The highest BCUT2D eigenvalue weighted by Crippen LogP contribution is 2.18. The fourth-order valence-corrected chi connectivity index (χ4v) is 2.46. The maximum atomic E-state index is 12.1. The van der Waals surface area contributed by atoms with E-state index in [1.165, 1.54) is 0 Å². The van der Waals surface area contributed by atoms with E-state index in [-0.39, 0.29) is 36.2 Å². The van der Waals surface area contributed by atoms with Crippen LogP contribution in [-0.2, 0) is 9.59 Å². The second-order valence-electron chi connectivity index (χ2n) is 5.84. The summed E-state index contributed by atoms with van der Waals surface area (Å²) in [6, 6.07) is 0.0527. The summed E-state index contributed by atoms with van der Waals surface area (Å²) in [6.45, 7) is 6.09. The molecule has 0 aliphatic carbocycles. The van der Waals surface area contributed by atoms with E-state index in [0.717, 1.165) is 38.8 Å². The zero-order valence-electron chi connectivity index (χ0n) is 13.3.